The van der Waals surface area contributed by atoms with Gasteiger partial charge in [0.2, 0.25) is 11.8 Å². The number of halogens is 3. The molecular weight excluding hydrogens is 403 g/mol. The number of aromatic nitrogens is 1. The van der Waals surface area contributed by atoms with Crippen molar-refractivity contribution in [1.82, 2.24) is 4.57 Å². The third-order valence-electron chi connectivity index (χ3n) is 4.29. The van der Waals surface area contributed by atoms with E-state index in [1.807, 2.05) is 0 Å². The molecule has 0 saturated carbocycles. The van der Waals surface area contributed by atoms with Gasteiger partial charge in [0.15, 0.2) is 5.58 Å². The average Bonchev–Trinajstić information content (AvgIpc) is 2.97. The zero-order valence-corrected chi connectivity index (χ0v) is 15.9. The van der Waals surface area contributed by atoms with Crippen molar-refractivity contribution in [2.24, 2.45) is 0 Å². The van der Waals surface area contributed by atoms with Gasteiger partial charge in [-0.3, -0.25) is 14.2 Å². The molecule has 0 saturated heterocycles. The Morgan fingerprint density at radius 3 is 2.50 bits per heavy atom. The highest BCUT2D eigenvalue weighted by Gasteiger charge is 2.31. The molecular formula is C20H18F3N3O4. The maximum atomic E-state index is 13.0. The second-order valence-electron chi connectivity index (χ2n) is 6.58. The Kier molecular flexibility index (Phi) is 5.95. The molecule has 30 heavy (non-hydrogen) atoms. The molecule has 0 aliphatic rings. The van der Waals surface area contributed by atoms with Crippen LogP contribution >= 0.6 is 0 Å². The minimum absolute atomic E-state index is 0.0539. The molecule has 2 amide bonds. The lowest BCUT2D eigenvalue weighted by Gasteiger charge is -2.15. The number of fused-ring (bicyclic) bond motifs is 1. The second-order valence-corrected chi connectivity index (χ2v) is 6.58. The molecule has 1 aromatic heterocycles. The van der Waals surface area contributed by atoms with Gasteiger partial charge in [-0.25, -0.2) is 4.79 Å². The Bertz CT molecular complexity index is 1150. The number of hydrogen-bond donors (Lipinski definition) is 2. The molecule has 2 N–H and O–H groups in total. The highest BCUT2D eigenvalue weighted by molar-refractivity contribution is 5.99. The molecule has 0 bridgehead atoms. The van der Waals surface area contributed by atoms with Gasteiger partial charge in [0, 0.05) is 19.9 Å². The fourth-order valence-electron chi connectivity index (χ4n) is 2.96. The van der Waals surface area contributed by atoms with Crippen molar-refractivity contribution in [2.75, 3.05) is 10.6 Å². The molecule has 1 heterocycles. The minimum Gasteiger partial charge on any atom is -0.408 e. The lowest BCUT2D eigenvalue weighted by atomic mass is 10.1. The van der Waals surface area contributed by atoms with E-state index in [4.69, 9.17) is 4.42 Å². The summed E-state index contributed by atoms with van der Waals surface area (Å²) < 4.78 is 45.4. The van der Waals surface area contributed by atoms with Crippen molar-refractivity contribution < 1.29 is 27.2 Å². The van der Waals surface area contributed by atoms with E-state index in [-0.39, 0.29) is 30.8 Å². The van der Waals surface area contributed by atoms with Crippen LogP contribution in [0.1, 0.15) is 25.3 Å². The number of anilines is 2. The van der Waals surface area contributed by atoms with E-state index in [1.54, 1.807) is 24.3 Å². The zero-order chi connectivity index (χ0) is 21.9. The summed E-state index contributed by atoms with van der Waals surface area (Å²) in [6, 6.07) is 9.49. The summed E-state index contributed by atoms with van der Waals surface area (Å²) in [4.78, 5) is 35.5. The summed E-state index contributed by atoms with van der Waals surface area (Å²) in [6.45, 7) is 1.40. The predicted octanol–water partition coefficient (Wildman–Crippen LogP) is 3.99. The van der Waals surface area contributed by atoms with Crippen LogP contribution in [0.5, 0.6) is 0 Å². The minimum atomic E-state index is -4.60. The SMILES string of the molecule is CC(=O)Nc1ccc(C(F)(F)F)cc1NC(=O)CCCn1c(=O)oc2ccccc21. The first-order chi connectivity index (χ1) is 14.1. The molecule has 158 valence electrons. The first kappa shape index (κ1) is 21.2. The molecule has 0 aliphatic carbocycles. The number of alkyl halides is 3. The molecule has 0 atom stereocenters. The number of rotatable bonds is 6. The quantitative estimate of drug-likeness (QED) is 0.629. The molecule has 3 aromatic rings. The monoisotopic (exact) mass is 421 g/mol. The molecule has 0 aliphatic heterocycles. The summed E-state index contributed by atoms with van der Waals surface area (Å²) in [7, 11) is 0. The number of hydrogen-bond acceptors (Lipinski definition) is 4. The first-order valence-corrected chi connectivity index (χ1v) is 9.02. The van der Waals surface area contributed by atoms with Crippen LogP contribution in [0.25, 0.3) is 11.1 Å². The van der Waals surface area contributed by atoms with Gasteiger partial charge in [0.25, 0.3) is 0 Å². The van der Waals surface area contributed by atoms with E-state index in [2.05, 4.69) is 10.6 Å². The van der Waals surface area contributed by atoms with Gasteiger partial charge in [-0.1, -0.05) is 12.1 Å². The van der Waals surface area contributed by atoms with E-state index in [1.165, 1.54) is 11.5 Å². The van der Waals surface area contributed by atoms with Gasteiger partial charge in [-0.2, -0.15) is 13.2 Å². The fraction of sp³-hybridized carbons (Fsp3) is 0.250. The van der Waals surface area contributed by atoms with Crippen LogP contribution in [0.2, 0.25) is 0 Å². The smallest absolute Gasteiger partial charge is 0.408 e. The summed E-state index contributed by atoms with van der Waals surface area (Å²) >= 11 is 0. The summed E-state index contributed by atoms with van der Waals surface area (Å²) in [5.74, 6) is -1.60. The largest absolute Gasteiger partial charge is 0.419 e. The molecule has 0 fully saturated rings. The highest BCUT2D eigenvalue weighted by atomic mass is 19.4. The maximum absolute atomic E-state index is 13.0. The lowest BCUT2D eigenvalue weighted by Crippen LogP contribution is -2.18. The summed E-state index contributed by atoms with van der Waals surface area (Å²) in [6.07, 6.45) is -4.40. The second kappa shape index (κ2) is 8.44. The van der Waals surface area contributed by atoms with E-state index < -0.39 is 29.3 Å². The van der Waals surface area contributed by atoms with Crippen molar-refractivity contribution in [3.8, 4) is 0 Å². The number of para-hydroxylation sites is 2. The number of benzene rings is 2. The van der Waals surface area contributed by atoms with E-state index in [0.29, 0.717) is 11.1 Å². The Hall–Kier alpha value is -3.56. The van der Waals surface area contributed by atoms with Crippen LogP contribution in [0.15, 0.2) is 51.7 Å². The van der Waals surface area contributed by atoms with Crippen LogP contribution in [-0.2, 0) is 22.3 Å². The lowest BCUT2D eigenvalue weighted by molar-refractivity contribution is -0.137. The number of oxazole rings is 1. The van der Waals surface area contributed by atoms with E-state index >= 15 is 0 Å². The number of aryl methyl sites for hydroxylation is 1. The van der Waals surface area contributed by atoms with Crippen LogP contribution in [0.4, 0.5) is 24.5 Å². The molecule has 3 rings (SSSR count). The third kappa shape index (κ3) is 4.88. The van der Waals surface area contributed by atoms with Crippen molar-refractivity contribution in [3.05, 3.63) is 58.6 Å². The number of amides is 2. The average molecular weight is 421 g/mol. The number of carbonyl (C=O) groups excluding carboxylic acids is 2. The number of nitrogens with one attached hydrogen (secondary N) is 2. The summed E-state index contributed by atoms with van der Waals surface area (Å²) in [5.41, 5.74) is -0.0373. The van der Waals surface area contributed by atoms with E-state index in [0.717, 1.165) is 18.2 Å². The van der Waals surface area contributed by atoms with Crippen LogP contribution in [-0.4, -0.2) is 16.4 Å². The van der Waals surface area contributed by atoms with Crippen molar-refractivity contribution in [1.29, 1.82) is 0 Å². The standard InChI is InChI=1S/C20H18F3N3O4/c1-12(27)24-14-9-8-13(20(21,22)23)11-15(14)25-18(28)7-4-10-26-16-5-2-3-6-17(16)30-19(26)29/h2-3,5-6,8-9,11H,4,7,10H2,1H3,(H,24,27)(H,25,28). The van der Waals surface area contributed by atoms with Gasteiger partial charge in [-0.05, 0) is 36.8 Å². The van der Waals surface area contributed by atoms with Crippen LogP contribution < -0.4 is 16.4 Å². The van der Waals surface area contributed by atoms with Crippen LogP contribution in [0.3, 0.4) is 0 Å². The molecule has 0 radical (unpaired) electrons. The highest BCUT2D eigenvalue weighted by Crippen LogP contribution is 2.34. The fourth-order valence-corrected chi connectivity index (χ4v) is 2.96. The third-order valence-corrected chi connectivity index (χ3v) is 4.29. The van der Waals surface area contributed by atoms with Crippen molar-refractivity contribution in [2.45, 2.75) is 32.5 Å². The Morgan fingerprint density at radius 1 is 1.07 bits per heavy atom. The molecule has 0 spiro atoms. The van der Waals surface area contributed by atoms with Gasteiger partial charge in [0.05, 0.1) is 22.5 Å². The normalized spacial score (nSPS) is 11.5. The van der Waals surface area contributed by atoms with Crippen molar-refractivity contribution >= 4 is 34.3 Å². The number of carbonyl (C=O) groups is 2. The van der Waals surface area contributed by atoms with Gasteiger partial charge in [-0.15, -0.1) is 0 Å². The van der Waals surface area contributed by atoms with Gasteiger partial charge >= 0.3 is 11.9 Å². The predicted molar refractivity (Wildman–Crippen MR) is 104 cm³/mol. The Morgan fingerprint density at radius 2 is 1.80 bits per heavy atom. The Labute approximate surface area is 168 Å². The van der Waals surface area contributed by atoms with E-state index in [9.17, 15) is 27.6 Å². The first-order valence-electron chi connectivity index (χ1n) is 9.02. The topological polar surface area (TPSA) is 93.3 Å². The molecule has 0 unspecified atom stereocenters. The summed E-state index contributed by atoms with van der Waals surface area (Å²) in [5, 5.41) is 4.78. The number of nitrogens with zero attached hydrogens (tertiary/aromatic N) is 1. The van der Waals surface area contributed by atoms with Gasteiger partial charge in [0.1, 0.15) is 0 Å². The van der Waals surface area contributed by atoms with Gasteiger partial charge < -0.3 is 15.1 Å². The molecule has 7 nitrogen and oxygen atoms in total. The van der Waals surface area contributed by atoms with Crippen LogP contribution in [0, 0.1) is 0 Å². The molecule has 10 heteroatoms. The maximum Gasteiger partial charge on any atom is 0.419 e. The zero-order valence-electron chi connectivity index (χ0n) is 15.9. The molecule has 2 aromatic carbocycles. The van der Waals surface area contributed by atoms with Crippen molar-refractivity contribution in [3.63, 3.8) is 0 Å². The Balaban J connectivity index is 1.70.